The minimum absolute atomic E-state index is 0.00936. The monoisotopic (exact) mass is 432 g/mol. The third-order valence-corrected chi connectivity index (χ3v) is 5.41. The third kappa shape index (κ3) is 4.51. The number of nitrogens with one attached hydrogen (secondary N) is 1. The lowest BCUT2D eigenvalue weighted by Gasteiger charge is -2.14. The molecule has 32 heavy (non-hydrogen) atoms. The molecule has 0 saturated heterocycles. The second-order valence-electron chi connectivity index (χ2n) is 7.41. The van der Waals surface area contributed by atoms with E-state index in [1.807, 2.05) is 24.3 Å². The van der Waals surface area contributed by atoms with Crippen LogP contribution in [0.4, 0.5) is 14.9 Å². The molecule has 3 aromatic carbocycles. The number of hydrogen-bond acceptors (Lipinski definition) is 4. The number of nitro benzene ring substituents is 1. The third-order valence-electron chi connectivity index (χ3n) is 5.41. The van der Waals surface area contributed by atoms with Gasteiger partial charge in [0.05, 0.1) is 4.92 Å². The first-order valence-electron chi connectivity index (χ1n) is 10.2. The number of benzene rings is 3. The van der Waals surface area contributed by atoms with E-state index in [4.69, 9.17) is 4.74 Å². The van der Waals surface area contributed by atoms with Crippen molar-refractivity contribution in [2.45, 2.75) is 12.3 Å². The number of nitrogens with zero attached hydrogens (tertiary/aromatic N) is 1. The van der Waals surface area contributed by atoms with E-state index in [0.29, 0.717) is 13.0 Å². The van der Waals surface area contributed by atoms with Gasteiger partial charge in [-0.1, -0.05) is 60.7 Å². The summed E-state index contributed by atoms with van der Waals surface area (Å²) in [5.41, 5.74) is 4.56. The van der Waals surface area contributed by atoms with Crippen molar-refractivity contribution in [3.8, 4) is 11.1 Å². The van der Waals surface area contributed by atoms with E-state index in [9.17, 15) is 19.3 Å². The fourth-order valence-corrected chi connectivity index (χ4v) is 3.89. The molecule has 1 aliphatic carbocycles. The Hall–Kier alpha value is -4.00. The van der Waals surface area contributed by atoms with Gasteiger partial charge in [0.2, 0.25) is 0 Å². The first kappa shape index (κ1) is 21.2. The van der Waals surface area contributed by atoms with Gasteiger partial charge in [0, 0.05) is 30.2 Å². The maximum Gasteiger partial charge on any atom is 0.407 e. The average molecular weight is 432 g/mol. The molecule has 0 spiro atoms. The van der Waals surface area contributed by atoms with Gasteiger partial charge >= 0.3 is 6.09 Å². The molecule has 3 aromatic rings. The summed E-state index contributed by atoms with van der Waals surface area (Å²) in [5, 5.41) is 13.5. The predicted molar refractivity (Wildman–Crippen MR) is 120 cm³/mol. The summed E-state index contributed by atoms with van der Waals surface area (Å²) in [6, 6.07) is 19.6. The van der Waals surface area contributed by atoms with E-state index in [0.717, 1.165) is 34.4 Å². The molecule has 0 aliphatic heterocycles. The molecule has 0 unspecified atom stereocenters. The van der Waals surface area contributed by atoms with Crippen molar-refractivity contribution in [2.24, 2.45) is 0 Å². The standard InChI is InChI=1S/C25H21FN2O4/c26-24-13-12-18(28(30)31)15-17(24)7-5-6-14-27-25(29)32-16-23-21-10-3-1-8-19(21)20-9-2-4-11-22(20)23/h1-5,7-13,15,23H,6,14,16H2,(H,27,29). The Morgan fingerprint density at radius 3 is 2.38 bits per heavy atom. The predicted octanol–water partition coefficient (Wildman–Crippen LogP) is 5.68. The van der Waals surface area contributed by atoms with Crippen LogP contribution in [0.25, 0.3) is 17.2 Å². The number of rotatable bonds is 7. The van der Waals surface area contributed by atoms with Gasteiger partial charge in [0.1, 0.15) is 12.4 Å². The summed E-state index contributed by atoms with van der Waals surface area (Å²) in [4.78, 5) is 22.4. The van der Waals surface area contributed by atoms with Gasteiger partial charge in [-0.15, -0.1) is 0 Å². The Morgan fingerprint density at radius 2 is 1.72 bits per heavy atom. The summed E-state index contributed by atoms with van der Waals surface area (Å²) in [6.45, 7) is 0.526. The van der Waals surface area contributed by atoms with Crippen LogP contribution in [-0.4, -0.2) is 24.2 Å². The normalized spacial score (nSPS) is 12.4. The molecule has 0 fully saturated rings. The van der Waals surface area contributed by atoms with Crippen molar-refractivity contribution in [2.75, 3.05) is 13.2 Å². The minimum Gasteiger partial charge on any atom is -0.449 e. The molecule has 0 saturated carbocycles. The Kier molecular flexibility index (Phi) is 6.26. The lowest BCUT2D eigenvalue weighted by Crippen LogP contribution is -2.26. The molecule has 0 heterocycles. The Morgan fingerprint density at radius 1 is 1.06 bits per heavy atom. The number of fused-ring (bicyclic) bond motifs is 3. The minimum atomic E-state index is -0.574. The van der Waals surface area contributed by atoms with Crippen LogP contribution in [-0.2, 0) is 4.74 Å². The molecule has 0 bridgehead atoms. The van der Waals surface area contributed by atoms with E-state index < -0.39 is 16.8 Å². The van der Waals surface area contributed by atoms with Gasteiger partial charge in [-0.25, -0.2) is 9.18 Å². The summed E-state index contributed by atoms with van der Waals surface area (Å²) in [7, 11) is 0. The van der Waals surface area contributed by atoms with Gasteiger partial charge in [0.15, 0.2) is 0 Å². The summed E-state index contributed by atoms with van der Waals surface area (Å²) >= 11 is 0. The van der Waals surface area contributed by atoms with Crippen LogP contribution in [0, 0.1) is 15.9 Å². The highest BCUT2D eigenvalue weighted by Crippen LogP contribution is 2.44. The zero-order valence-electron chi connectivity index (χ0n) is 17.2. The fraction of sp³-hybridized carbons (Fsp3) is 0.160. The number of amides is 1. The number of carbonyl (C=O) groups is 1. The average Bonchev–Trinajstić information content (AvgIpc) is 3.12. The molecule has 4 rings (SSSR count). The van der Waals surface area contributed by atoms with Crippen LogP contribution < -0.4 is 5.32 Å². The maximum absolute atomic E-state index is 13.8. The molecule has 6 nitrogen and oxygen atoms in total. The van der Waals surface area contributed by atoms with Crippen LogP contribution >= 0.6 is 0 Å². The molecule has 162 valence electrons. The molecular weight excluding hydrogens is 411 g/mol. The van der Waals surface area contributed by atoms with E-state index in [2.05, 4.69) is 29.6 Å². The van der Waals surface area contributed by atoms with E-state index in [1.165, 1.54) is 12.1 Å². The molecular formula is C25H21FN2O4. The lowest BCUT2D eigenvalue weighted by atomic mass is 9.98. The van der Waals surface area contributed by atoms with Crippen molar-refractivity contribution < 1.29 is 18.8 Å². The first-order valence-corrected chi connectivity index (χ1v) is 10.2. The molecule has 1 N–H and O–H groups in total. The van der Waals surface area contributed by atoms with Gasteiger partial charge < -0.3 is 10.1 Å². The smallest absolute Gasteiger partial charge is 0.407 e. The maximum atomic E-state index is 13.8. The van der Waals surface area contributed by atoms with Crippen LogP contribution in [0.1, 0.15) is 29.0 Å². The molecule has 7 heteroatoms. The molecule has 0 atom stereocenters. The quantitative estimate of drug-likeness (QED) is 0.296. The lowest BCUT2D eigenvalue weighted by molar-refractivity contribution is -0.384. The topological polar surface area (TPSA) is 81.5 Å². The first-order chi connectivity index (χ1) is 15.5. The SMILES string of the molecule is O=C(NCCC=Cc1cc([N+](=O)[O-])ccc1F)OCC1c2ccccc2-c2ccccc21. The molecule has 0 radical (unpaired) electrons. The molecule has 0 aromatic heterocycles. The number of hydrogen-bond donors (Lipinski definition) is 1. The van der Waals surface area contributed by atoms with Gasteiger partial charge in [-0.3, -0.25) is 10.1 Å². The van der Waals surface area contributed by atoms with Crippen molar-refractivity contribution >= 4 is 17.9 Å². The number of ether oxygens (including phenoxy) is 1. The number of nitro groups is 1. The second kappa shape index (κ2) is 9.43. The Labute approximate surface area is 184 Å². The van der Waals surface area contributed by atoms with Gasteiger partial charge in [-0.05, 0) is 34.7 Å². The number of non-ortho nitro benzene ring substituents is 1. The van der Waals surface area contributed by atoms with E-state index >= 15 is 0 Å². The molecule has 1 aliphatic rings. The number of halogens is 1. The highest BCUT2D eigenvalue weighted by atomic mass is 19.1. The summed E-state index contributed by atoms with van der Waals surface area (Å²) in [5.74, 6) is -0.554. The van der Waals surface area contributed by atoms with Crippen molar-refractivity contribution in [1.82, 2.24) is 5.32 Å². The van der Waals surface area contributed by atoms with Crippen molar-refractivity contribution in [3.63, 3.8) is 0 Å². The Bertz CT molecular complexity index is 1150. The van der Waals surface area contributed by atoms with Crippen LogP contribution in [0.5, 0.6) is 0 Å². The van der Waals surface area contributed by atoms with Crippen LogP contribution in [0.2, 0.25) is 0 Å². The van der Waals surface area contributed by atoms with Gasteiger partial charge in [0.25, 0.3) is 5.69 Å². The largest absolute Gasteiger partial charge is 0.449 e. The van der Waals surface area contributed by atoms with E-state index in [1.54, 1.807) is 6.08 Å². The highest BCUT2D eigenvalue weighted by molar-refractivity contribution is 5.79. The van der Waals surface area contributed by atoms with Crippen molar-refractivity contribution in [1.29, 1.82) is 0 Å². The number of alkyl carbamates (subject to hydrolysis) is 1. The van der Waals surface area contributed by atoms with Crippen LogP contribution in [0.15, 0.2) is 72.8 Å². The Balaban J connectivity index is 1.28. The fourth-order valence-electron chi connectivity index (χ4n) is 3.89. The van der Waals surface area contributed by atoms with E-state index in [-0.39, 0.29) is 23.8 Å². The summed E-state index contributed by atoms with van der Waals surface area (Å²) in [6.07, 6.45) is 3.00. The second-order valence-corrected chi connectivity index (χ2v) is 7.41. The summed E-state index contributed by atoms with van der Waals surface area (Å²) < 4.78 is 19.2. The number of carbonyl (C=O) groups excluding carboxylic acids is 1. The highest BCUT2D eigenvalue weighted by Gasteiger charge is 2.28. The van der Waals surface area contributed by atoms with Crippen molar-refractivity contribution in [3.05, 3.63) is 105 Å². The van der Waals surface area contributed by atoms with Gasteiger partial charge in [-0.2, -0.15) is 0 Å². The molecule has 1 amide bonds. The van der Waals surface area contributed by atoms with Crippen LogP contribution in [0.3, 0.4) is 0 Å². The zero-order chi connectivity index (χ0) is 22.5. The zero-order valence-corrected chi connectivity index (χ0v) is 17.2.